The average Bonchev–Trinajstić information content (AvgIpc) is 3.14. The highest BCUT2D eigenvalue weighted by atomic mass is 32.2. The zero-order valence-corrected chi connectivity index (χ0v) is 19.3. The third kappa shape index (κ3) is 4.63. The van der Waals surface area contributed by atoms with E-state index >= 15 is 0 Å². The molecule has 2 aromatic rings. The molecule has 1 aliphatic heterocycles. The van der Waals surface area contributed by atoms with Gasteiger partial charge < -0.3 is 11.1 Å². The van der Waals surface area contributed by atoms with Gasteiger partial charge in [-0.1, -0.05) is 13.3 Å². The molecule has 1 aliphatic carbocycles. The monoisotopic (exact) mass is 462 g/mol. The highest BCUT2D eigenvalue weighted by Gasteiger charge is 2.29. The van der Waals surface area contributed by atoms with Gasteiger partial charge in [0.15, 0.2) is 0 Å². The Balaban J connectivity index is 1.67. The van der Waals surface area contributed by atoms with Gasteiger partial charge in [-0.25, -0.2) is 17.7 Å². The first-order valence-corrected chi connectivity index (χ1v) is 12.9. The number of sulfonamides is 1. The molecule has 11 heteroatoms. The third-order valence-electron chi connectivity index (χ3n) is 6.62. The van der Waals surface area contributed by atoms with Crippen molar-refractivity contribution in [1.29, 1.82) is 0 Å². The van der Waals surface area contributed by atoms with Gasteiger partial charge in [-0.3, -0.25) is 14.2 Å². The number of anilines is 1. The maximum Gasteiger partial charge on any atom is 0.256 e. The van der Waals surface area contributed by atoms with Crippen molar-refractivity contribution >= 4 is 32.9 Å². The average molecular weight is 463 g/mol. The van der Waals surface area contributed by atoms with Crippen molar-refractivity contribution in [3.05, 3.63) is 28.2 Å². The molecule has 0 spiro atoms. The van der Waals surface area contributed by atoms with Gasteiger partial charge in [-0.05, 0) is 37.7 Å². The van der Waals surface area contributed by atoms with Crippen LogP contribution in [0.15, 0.2) is 17.1 Å². The quantitative estimate of drug-likeness (QED) is 0.653. The predicted molar refractivity (Wildman–Crippen MR) is 122 cm³/mol. The van der Waals surface area contributed by atoms with E-state index in [0.29, 0.717) is 54.4 Å². The van der Waals surface area contributed by atoms with Crippen LogP contribution in [-0.4, -0.2) is 58.6 Å². The van der Waals surface area contributed by atoms with Crippen LogP contribution in [0.4, 0.5) is 5.95 Å². The second-order valence-electron chi connectivity index (χ2n) is 9.02. The van der Waals surface area contributed by atoms with Crippen LogP contribution < -0.4 is 16.6 Å². The van der Waals surface area contributed by atoms with E-state index in [4.69, 9.17) is 5.73 Å². The first-order chi connectivity index (χ1) is 15.1. The zero-order chi connectivity index (χ0) is 23.0. The van der Waals surface area contributed by atoms with Crippen molar-refractivity contribution in [1.82, 2.24) is 18.8 Å². The molecule has 3 heterocycles. The number of nitrogens with one attached hydrogen (secondary N) is 1. The Bertz CT molecular complexity index is 1190. The number of primary amides is 1. The number of carbonyl (C=O) groups is 1. The van der Waals surface area contributed by atoms with Gasteiger partial charge >= 0.3 is 0 Å². The smallest absolute Gasteiger partial charge is 0.256 e. The van der Waals surface area contributed by atoms with E-state index in [-0.39, 0.29) is 24.1 Å². The van der Waals surface area contributed by atoms with Crippen molar-refractivity contribution in [3.8, 4) is 0 Å². The topological polar surface area (TPSA) is 140 Å². The van der Waals surface area contributed by atoms with Crippen LogP contribution in [0.2, 0.25) is 0 Å². The van der Waals surface area contributed by atoms with Crippen molar-refractivity contribution in [3.63, 3.8) is 0 Å². The molecule has 10 nitrogen and oxygen atoms in total. The summed E-state index contributed by atoms with van der Waals surface area (Å²) in [4.78, 5) is 33.9. The number of hydrogen-bond donors (Lipinski definition) is 2. The number of carbonyl (C=O) groups excluding carboxylic acids is 1. The van der Waals surface area contributed by atoms with Crippen LogP contribution in [0.3, 0.4) is 0 Å². The number of piperidine rings is 1. The highest BCUT2D eigenvalue weighted by Crippen LogP contribution is 2.36. The molecule has 3 N–H and O–H groups in total. The molecule has 1 saturated carbocycles. The molecular formula is C21H30N6O4S. The van der Waals surface area contributed by atoms with E-state index < -0.39 is 15.9 Å². The largest absolute Gasteiger partial charge is 0.369 e. The minimum Gasteiger partial charge on any atom is -0.369 e. The van der Waals surface area contributed by atoms with Gasteiger partial charge in [0, 0.05) is 42.3 Å². The van der Waals surface area contributed by atoms with Crippen molar-refractivity contribution in [2.45, 2.75) is 57.5 Å². The zero-order valence-electron chi connectivity index (χ0n) is 18.5. The fourth-order valence-corrected chi connectivity index (χ4v) is 5.77. The number of nitrogens with zero attached hydrogens (tertiary/aromatic N) is 4. The van der Waals surface area contributed by atoms with Crippen molar-refractivity contribution < 1.29 is 13.2 Å². The molecule has 32 heavy (non-hydrogen) atoms. The number of fused-ring (bicyclic) bond motifs is 1. The number of rotatable bonds is 6. The van der Waals surface area contributed by atoms with Crippen LogP contribution in [0.1, 0.15) is 50.6 Å². The number of aromatic nitrogens is 3. The summed E-state index contributed by atoms with van der Waals surface area (Å²) >= 11 is 0. The Morgan fingerprint density at radius 2 is 1.97 bits per heavy atom. The molecule has 1 amide bonds. The highest BCUT2D eigenvalue weighted by molar-refractivity contribution is 7.88. The first-order valence-electron chi connectivity index (χ1n) is 11.0. The van der Waals surface area contributed by atoms with E-state index in [1.807, 2.05) is 0 Å². The third-order valence-corrected chi connectivity index (χ3v) is 7.92. The summed E-state index contributed by atoms with van der Waals surface area (Å²) in [7, 11) is -3.19. The number of amides is 1. The fraction of sp³-hybridized carbons (Fsp3) is 0.619. The van der Waals surface area contributed by atoms with E-state index in [2.05, 4.69) is 22.2 Å². The predicted octanol–water partition coefficient (Wildman–Crippen LogP) is 1.02. The number of hydrogen-bond acceptors (Lipinski definition) is 7. The summed E-state index contributed by atoms with van der Waals surface area (Å²) in [5, 5.41) is 4.00. The lowest BCUT2D eigenvalue weighted by Crippen LogP contribution is -2.42. The Kier molecular flexibility index (Phi) is 6.22. The summed E-state index contributed by atoms with van der Waals surface area (Å²) in [6.07, 6.45) is 7.03. The Morgan fingerprint density at radius 3 is 2.56 bits per heavy atom. The molecule has 0 bridgehead atoms. The molecular weight excluding hydrogens is 432 g/mol. The molecule has 2 aliphatic rings. The number of nitrogens with two attached hydrogens (primary N) is 1. The van der Waals surface area contributed by atoms with Crippen LogP contribution in [0.25, 0.3) is 11.0 Å². The van der Waals surface area contributed by atoms with Crippen molar-refractivity contribution in [2.24, 2.45) is 11.7 Å². The van der Waals surface area contributed by atoms with Crippen LogP contribution in [-0.2, 0) is 21.2 Å². The van der Waals surface area contributed by atoms with Gasteiger partial charge in [0.05, 0.1) is 12.7 Å². The van der Waals surface area contributed by atoms with Gasteiger partial charge in [-0.15, -0.1) is 0 Å². The molecule has 2 fully saturated rings. The van der Waals surface area contributed by atoms with E-state index in [9.17, 15) is 18.0 Å². The Morgan fingerprint density at radius 1 is 1.25 bits per heavy atom. The van der Waals surface area contributed by atoms with Crippen LogP contribution >= 0.6 is 0 Å². The maximum atomic E-state index is 13.3. The van der Waals surface area contributed by atoms with Crippen molar-refractivity contribution in [2.75, 3.05) is 24.7 Å². The minimum atomic E-state index is -3.19. The Labute approximate surface area is 187 Å². The SMILES string of the molecule is C[C@@H]1CCC[C@@H]1n1c(=O)c(CC(N)=O)cc2cnc(NC3CCN(S(C)(=O)=O)CC3)nc21. The van der Waals surface area contributed by atoms with E-state index in [1.54, 1.807) is 16.8 Å². The first kappa shape index (κ1) is 22.7. The second-order valence-corrected chi connectivity index (χ2v) is 11.0. The Hall–Kier alpha value is -2.53. The lowest BCUT2D eigenvalue weighted by atomic mass is 10.0. The molecule has 4 rings (SSSR count). The molecule has 0 unspecified atom stereocenters. The summed E-state index contributed by atoms with van der Waals surface area (Å²) in [6, 6.07) is 1.72. The summed E-state index contributed by atoms with van der Waals surface area (Å²) < 4.78 is 26.7. The molecule has 174 valence electrons. The normalized spacial score (nSPS) is 22.9. The summed E-state index contributed by atoms with van der Waals surface area (Å²) in [5.41, 5.74) is 6.05. The molecule has 2 atom stereocenters. The van der Waals surface area contributed by atoms with Crippen LogP contribution in [0.5, 0.6) is 0 Å². The van der Waals surface area contributed by atoms with Crippen LogP contribution in [0, 0.1) is 5.92 Å². The van der Waals surface area contributed by atoms with Gasteiger partial charge in [-0.2, -0.15) is 4.98 Å². The van der Waals surface area contributed by atoms with Gasteiger partial charge in [0.25, 0.3) is 5.56 Å². The fourth-order valence-electron chi connectivity index (χ4n) is 4.89. The van der Waals surface area contributed by atoms with E-state index in [1.165, 1.54) is 10.6 Å². The maximum absolute atomic E-state index is 13.3. The molecule has 0 radical (unpaired) electrons. The minimum absolute atomic E-state index is 0.0126. The summed E-state index contributed by atoms with van der Waals surface area (Å²) in [5.74, 6) is 0.190. The molecule has 2 aromatic heterocycles. The van der Waals surface area contributed by atoms with Gasteiger partial charge in [0.1, 0.15) is 5.65 Å². The van der Waals surface area contributed by atoms with E-state index in [0.717, 1.165) is 19.3 Å². The lowest BCUT2D eigenvalue weighted by molar-refractivity contribution is -0.117. The summed E-state index contributed by atoms with van der Waals surface area (Å²) in [6.45, 7) is 3.03. The molecule has 0 aromatic carbocycles. The second kappa shape index (κ2) is 8.78. The number of pyridine rings is 1. The lowest BCUT2D eigenvalue weighted by Gasteiger charge is -2.30. The molecule has 1 saturated heterocycles. The van der Waals surface area contributed by atoms with Gasteiger partial charge in [0.2, 0.25) is 21.9 Å². The standard InChI is InChI=1S/C21H30N6O4S/c1-13-4-3-5-17(13)27-19-15(10-14(20(27)29)11-18(22)28)12-23-21(25-19)24-16-6-8-26(9-7-16)32(2,30)31/h10,12-13,16-17H,3-9,11H2,1-2H3,(H2,22,28)(H,23,24,25)/t13-,17+/m1/s1.